The fourth-order valence-corrected chi connectivity index (χ4v) is 9.22. The Bertz CT molecular complexity index is 3080. The third-order valence-corrected chi connectivity index (χ3v) is 15.2. The molecule has 0 aliphatic heterocycles. The highest BCUT2D eigenvalue weighted by atomic mass is 79.9. The van der Waals surface area contributed by atoms with Crippen LogP contribution in [-0.2, 0) is 68.8 Å². The maximum Gasteiger partial charge on any atom is 0.326 e. The maximum absolute atomic E-state index is 12.2. The van der Waals surface area contributed by atoms with Gasteiger partial charge in [0.15, 0.2) is 19.7 Å². The van der Waals surface area contributed by atoms with Crippen LogP contribution >= 0.6 is 31.9 Å². The number of halogens is 2. The van der Waals surface area contributed by atoms with Crippen molar-refractivity contribution < 1.29 is 65.8 Å². The molecule has 0 radical (unpaired) electrons. The molecule has 2 atom stereocenters. The number of nitrogens with one attached hydrogen (secondary N) is 2. The lowest BCUT2D eigenvalue weighted by Gasteiger charge is -2.24. The van der Waals surface area contributed by atoms with E-state index in [-0.39, 0.29) is 72.8 Å². The Balaban J connectivity index is 1.23. The van der Waals surface area contributed by atoms with Gasteiger partial charge in [0, 0.05) is 72.6 Å². The Kier molecular flexibility index (Phi) is 18.6. The van der Waals surface area contributed by atoms with Crippen molar-refractivity contribution in [2.24, 2.45) is 0 Å². The molecule has 20 nitrogen and oxygen atoms in total. The van der Waals surface area contributed by atoms with E-state index >= 15 is 0 Å². The van der Waals surface area contributed by atoms with Crippen molar-refractivity contribution in [3.63, 3.8) is 0 Å². The number of carbonyl (C=O) groups is 2. The highest BCUT2D eigenvalue weighted by Gasteiger charge is 2.33. The quantitative estimate of drug-likeness (QED) is 0.0380. The highest BCUT2D eigenvalue weighted by molar-refractivity contribution is 9.11. The smallest absolute Gasteiger partial charge is 0.326 e. The van der Waals surface area contributed by atoms with Crippen molar-refractivity contribution in [3.05, 3.63) is 139 Å². The summed E-state index contributed by atoms with van der Waals surface area (Å²) < 4.78 is 74.4. The Morgan fingerprint density at radius 3 is 1.27 bits per heavy atom. The van der Waals surface area contributed by atoms with Crippen molar-refractivity contribution in [1.82, 2.24) is 30.6 Å². The van der Waals surface area contributed by atoms with Crippen LogP contribution < -0.4 is 29.6 Å². The number of aromatic nitrogens is 4. The third kappa shape index (κ3) is 14.2. The number of ether oxygens (including phenoxy) is 4. The molecule has 0 amide bonds. The van der Waals surface area contributed by atoms with Crippen molar-refractivity contribution in [2.45, 2.75) is 88.1 Å². The van der Waals surface area contributed by atoms with E-state index < -0.39 is 55.9 Å². The summed E-state index contributed by atoms with van der Waals surface area (Å²) in [6, 6.07) is 17.8. The zero-order valence-corrected chi connectivity index (χ0v) is 45.8. The van der Waals surface area contributed by atoms with E-state index in [9.17, 15) is 46.9 Å². The molecule has 6 N–H and O–H groups in total. The van der Waals surface area contributed by atoms with E-state index in [1.54, 1.807) is 12.1 Å². The SMILES string of the molecule is Cc1c(COc2nc(OCc3cncc(S(C)(=O)=O)c3)c(CNC(C)(CO)C(=O)O)cc2Br)cccc1-c1cccc(COc2nc(OCc3cncc(S(C)(=O)=O)c3)c(CNC(C)(CO)C(=O)O)cc2Br)c1C. The Hall–Kier alpha value is -6.12. The molecule has 0 saturated carbocycles. The number of aliphatic hydroxyl groups excluding tert-OH is 2. The predicted octanol–water partition coefficient (Wildman–Crippen LogP) is 6.05. The normalized spacial score (nSPS) is 13.4. The molecule has 0 fully saturated rings. The second-order valence-corrected chi connectivity index (χ2v) is 23.5. The summed E-state index contributed by atoms with van der Waals surface area (Å²) in [6.45, 7) is 4.88. The van der Waals surface area contributed by atoms with Gasteiger partial charge in [-0.2, -0.15) is 9.97 Å². The van der Waals surface area contributed by atoms with Crippen LogP contribution in [0.3, 0.4) is 0 Å². The van der Waals surface area contributed by atoms with Crippen LogP contribution in [0.25, 0.3) is 11.1 Å². The van der Waals surface area contributed by atoms with Gasteiger partial charge in [-0.15, -0.1) is 0 Å². The number of aliphatic hydroxyl groups is 2. The van der Waals surface area contributed by atoms with Crippen LogP contribution in [0.5, 0.6) is 23.5 Å². The number of aliphatic carboxylic acids is 2. The average molecular weight is 1190 g/mol. The Labute approximate surface area is 444 Å². The molecule has 4 aromatic heterocycles. The summed E-state index contributed by atoms with van der Waals surface area (Å²) in [5.74, 6) is -2.13. The van der Waals surface area contributed by atoms with E-state index in [0.717, 1.165) is 45.9 Å². The van der Waals surface area contributed by atoms with Crippen LogP contribution in [0.1, 0.15) is 58.4 Å². The second kappa shape index (κ2) is 24.0. The summed E-state index contributed by atoms with van der Waals surface area (Å²) >= 11 is 7.07. The van der Waals surface area contributed by atoms with E-state index in [2.05, 4.69) is 62.4 Å². The van der Waals surface area contributed by atoms with E-state index in [0.29, 0.717) is 31.2 Å². The molecule has 2 aromatic carbocycles. The molecule has 24 heteroatoms. The number of rotatable bonds is 25. The first-order valence-corrected chi connectivity index (χ1v) is 27.8. The molecule has 0 aliphatic carbocycles. The molecule has 0 aliphatic rings. The number of carboxylic acids is 2. The summed E-state index contributed by atoms with van der Waals surface area (Å²) in [5, 5.41) is 44.9. The zero-order valence-electron chi connectivity index (χ0n) is 41.0. The number of carboxylic acid groups (broad SMARTS) is 2. The lowest BCUT2D eigenvalue weighted by molar-refractivity contribution is -0.146. The average Bonchev–Trinajstić information content (AvgIpc) is 3.36. The number of benzene rings is 2. The first-order valence-electron chi connectivity index (χ1n) is 22.4. The first-order chi connectivity index (χ1) is 34.8. The number of hydrogen-bond acceptors (Lipinski definition) is 18. The molecule has 2 unspecified atom stereocenters. The van der Waals surface area contributed by atoms with Gasteiger partial charge < -0.3 is 39.4 Å². The van der Waals surface area contributed by atoms with Gasteiger partial charge >= 0.3 is 11.9 Å². The number of hydrogen-bond donors (Lipinski definition) is 6. The Morgan fingerprint density at radius 2 is 0.932 bits per heavy atom. The molecule has 394 valence electrons. The monoisotopic (exact) mass is 1180 g/mol. The molecule has 4 heterocycles. The van der Waals surface area contributed by atoms with Gasteiger partial charge in [-0.25, -0.2) is 16.8 Å². The van der Waals surface area contributed by atoms with Gasteiger partial charge in [-0.3, -0.25) is 30.2 Å². The van der Waals surface area contributed by atoms with Crippen LogP contribution in [0.15, 0.2) is 104 Å². The standard InChI is InChI=1S/C50H54Br2N6O14S2/c1-29-33(25-71-45-41(51)15-35(19-55-49(3,27-59)47(61)62)43(57-45)69-23-31-13-37(21-53-17-31)73(5,65)66)9-7-11-39(29)40-12-8-10-34(30(40)2)26-72-46-42(52)16-36(20-56-50(4,28-60)48(63)64)44(58-46)70-24-32-14-38(22-54-18-32)74(6,67)68/h7-18,21-22,55-56,59-60H,19-20,23-28H2,1-6H3,(H,61,62)(H,63,64). The molecule has 74 heavy (non-hydrogen) atoms. The summed E-state index contributed by atoms with van der Waals surface area (Å²) in [7, 11) is -7.12. The molecule has 0 spiro atoms. The first kappa shape index (κ1) is 57.2. The maximum atomic E-state index is 12.2. The summed E-state index contributed by atoms with van der Waals surface area (Å²) in [5.41, 5.74) is 3.61. The highest BCUT2D eigenvalue weighted by Crippen LogP contribution is 2.35. The van der Waals surface area contributed by atoms with Crippen molar-refractivity contribution in [3.8, 4) is 34.6 Å². The zero-order chi connectivity index (χ0) is 54.2. The van der Waals surface area contributed by atoms with Gasteiger partial charge in [0.05, 0.1) is 32.0 Å². The van der Waals surface area contributed by atoms with Crippen molar-refractivity contribution in [2.75, 3.05) is 25.7 Å². The second-order valence-electron chi connectivity index (χ2n) is 17.7. The van der Waals surface area contributed by atoms with Crippen molar-refractivity contribution >= 4 is 63.5 Å². The van der Waals surface area contributed by atoms with Gasteiger partial charge in [-0.1, -0.05) is 36.4 Å². The van der Waals surface area contributed by atoms with Gasteiger partial charge in [0.2, 0.25) is 23.5 Å². The minimum Gasteiger partial charge on any atom is -0.480 e. The van der Waals surface area contributed by atoms with Crippen LogP contribution in [0.4, 0.5) is 0 Å². The van der Waals surface area contributed by atoms with E-state index in [4.69, 9.17) is 18.9 Å². The topological polar surface area (TPSA) is 296 Å². The van der Waals surface area contributed by atoms with E-state index in [1.165, 1.54) is 50.8 Å². The van der Waals surface area contributed by atoms with Crippen molar-refractivity contribution in [1.29, 1.82) is 0 Å². The number of nitrogens with zero attached hydrogens (tertiary/aromatic N) is 4. The largest absolute Gasteiger partial charge is 0.480 e. The summed E-state index contributed by atoms with van der Waals surface area (Å²) in [6.07, 6.45) is 7.50. The molecular formula is C50H54Br2N6O14S2. The minimum atomic E-state index is -3.56. The lowest BCUT2D eigenvalue weighted by atomic mass is 9.92. The Morgan fingerprint density at radius 1 is 0.568 bits per heavy atom. The van der Waals surface area contributed by atoms with E-state index in [1.807, 2.05) is 50.2 Å². The fraction of sp³-hybridized carbons (Fsp3) is 0.320. The molecule has 6 rings (SSSR count). The molecular weight excluding hydrogens is 1130 g/mol. The summed E-state index contributed by atoms with van der Waals surface area (Å²) in [4.78, 5) is 41.2. The van der Waals surface area contributed by atoms with Crippen LogP contribution in [-0.4, -0.2) is 106 Å². The molecule has 6 aromatic rings. The predicted molar refractivity (Wildman–Crippen MR) is 277 cm³/mol. The lowest BCUT2D eigenvalue weighted by Crippen LogP contribution is -2.52. The fourth-order valence-electron chi connectivity index (χ4n) is 7.02. The van der Waals surface area contributed by atoms with Gasteiger partial charge in [-0.05, 0) is 117 Å². The number of sulfone groups is 2. The van der Waals surface area contributed by atoms with Crippen LogP contribution in [0.2, 0.25) is 0 Å². The minimum absolute atomic E-state index is 0.00233. The third-order valence-electron chi connectivity index (χ3n) is 11.9. The molecule has 0 saturated heterocycles. The number of pyridine rings is 4. The van der Waals surface area contributed by atoms with Crippen LogP contribution in [0, 0.1) is 13.8 Å². The molecule has 0 bridgehead atoms. The van der Waals surface area contributed by atoms with Gasteiger partial charge in [0.25, 0.3) is 0 Å². The van der Waals surface area contributed by atoms with Gasteiger partial charge in [0.1, 0.15) is 37.5 Å².